The molecule has 2 amide bonds. The zero-order valence-corrected chi connectivity index (χ0v) is 18.9. The maximum atomic E-state index is 12.9. The molecule has 3 heterocycles. The first-order valence-electron chi connectivity index (χ1n) is 11.9. The number of amides is 2. The highest BCUT2D eigenvalue weighted by molar-refractivity contribution is 6.21. The van der Waals surface area contributed by atoms with E-state index in [0.717, 1.165) is 61.2 Å². The van der Waals surface area contributed by atoms with Gasteiger partial charge in [-0.1, -0.05) is 12.1 Å². The van der Waals surface area contributed by atoms with Crippen LogP contribution in [-0.2, 0) is 4.74 Å². The van der Waals surface area contributed by atoms with Gasteiger partial charge < -0.3 is 14.4 Å². The molecule has 0 spiro atoms. The first-order chi connectivity index (χ1) is 16.7. The van der Waals surface area contributed by atoms with Crippen molar-refractivity contribution >= 4 is 28.5 Å². The standard InChI is InChI=1S/C26H26N4O4/c31-25-20-3-1-2-4-21(20)26(32)30(25)17-5-7-19(8-6-17)34-23-16-18(29-11-13-33-14-12-29)15-22-24(23)28-10-9-27-22/h1-4,9-10,15-17,19H,5-8,11-14H2. The van der Waals surface area contributed by atoms with Crippen LogP contribution in [0, 0.1) is 0 Å². The van der Waals surface area contributed by atoms with Crippen molar-refractivity contribution in [3.63, 3.8) is 0 Å². The van der Waals surface area contributed by atoms with Crippen LogP contribution >= 0.6 is 0 Å². The minimum absolute atomic E-state index is 0.00317. The number of aromatic nitrogens is 2. The highest BCUT2D eigenvalue weighted by Crippen LogP contribution is 2.35. The van der Waals surface area contributed by atoms with Crippen LogP contribution in [0.5, 0.6) is 5.75 Å². The van der Waals surface area contributed by atoms with E-state index in [1.807, 2.05) is 0 Å². The lowest BCUT2D eigenvalue weighted by atomic mass is 9.91. The lowest BCUT2D eigenvalue weighted by molar-refractivity contribution is 0.0479. The molecule has 8 nitrogen and oxygen atoms in total. The minimum Gasteiger partial charge on any atom is -0.488 e. The summed E-state index contributed by atoms with van der Waals surface area (Å²) in [5.74, 6) is 0.380. The van der Waals surface area contributed by atoms with Crippen LogP contribution in [0.15, 0.2) is 48.8 Å². The number of carbonyl (C=O) groups is 2. The third-order valence-electron chi connectivity index (χ3n) is 7.03. The normalized spacial score (nSPS) is 22.8. The quantitative estimate of drug-likeness (QED) is 0.554. The van der Waals surface area contributed by atoms with Gasteiger partial charge in [-0.3, -0.25) is 19.5 Å². The highest BCUT2D eigenvalue weighted by atomic mass is 16.5. The summed E-state index contributed by atoms with van der Waals surface area (Å²) in [5, 5.41) is 0. The average Bonchev–Trinajstić information content (AvgIpc) is 3.15. The Bertz CT molecular complexity index is 1210. The van der Waals surface area contributed by atoms with Crippen molar-refractivity contribution in [2.75, 3.05) is 31.2 Å². The van der Waals surface area contributed by atoms with Gasteiger partial charge in [-0.25, -0.2) is 4.98 Å². The predicted octanol–water partition coefficient (Wildman–Crippen LogP) is 3.45. The molecule has 3 aliphatic rings. The summed E-state index contributed by atoms with van der Waals surface area (Å²) in [6.07, 6.45) is 6.36. The van der Waals surface area contributed by atoms with Gasteiger partial charge in [-0.2, -0.15) is 0 Å². The van der Waals surface area contributed by atoms with Crippen molar-refractivity contribution in [1.82, 2.24) is 14.9 Å². The Morgan fingerprint density at radius 2 is 1.56 bits per heavy atom. The molecule has 1 aromatic heterocycles. The van der Waals surface area contributed by atoms with Crippen LogP contribution < -0.4 is 9.64 Å². The van der Waals surface area contributed by atoms with E-state index < -0.39 is 0 Å². The number of imide groups is 1. The molecular formula is C26H26N4O4. The van der Waals surface area contributed by atoms with Crippen molar-refractivity contribution in [2.45, 2.75) is 37.8 Å². The second kappa shape index (κ2) is 8.68. The highest BCUT2D eigenvalue weighted by Gasteiger charge is 2.41. The maximum Gasteiger partial charge on any atom is 0.261 e. The smallest absolute Gasteiger partial charge is 0.261 e. The van der Waals surface area contributed by atoms with Crippen LogP contribution in [0.25, 0.3) is 11.0 Å². The third kappa shape index (κ3) is 3.68. The number of rotatable bonds is 4. The molecule has 6 rings (SSSR count). The Labute approximate surface area is 197 Å². The van der Waals surface area contributed by atoms with Gasteiger partial charge in [0.25, 0.3) is 11.8 Å². The van der Waals surface area contributed by atoms with Gasteiger partial charge in [0.2, 0.25) is 0 Å². The van der Waals surface area contributed by atoms with Crippen LogP contribution in [0.2, 0.25) is 0 Å². The van der Waals surface area contributed by atoms with E-state index >= 15 is 0 Å². The Morgan fingerprint density at radius 3 is 2.26 bits per heavy atom. The molecule has 2 aromatic carbocycles. The van der Waals surface area contributed by atoms with Crippen molar-refractivity contribution in [3.05, 3.63) is 59.9 Å². The van der Waals surface area contributed by atoms with Gasteiger partial charge in [-0.05, 0) is 43.9 Å². The molecule has 8 heteroatoms. The van der Waals surface area contributed by atoms with Crippen LogP contribution in [0.3, 0.4) is 0 Å². The summed E-state index contributed by atoms with van der Waals surface area (Å²) in [6, 6.07) is 11.1. The van der Waals surface area contributed by atoms with Crippen molar-refractivity contribution in [1.29, 1.82) is 0 Å². The number of benzene rings is 2. The molecule has 0 radical (unpaired) electrons. The molecule has 1 saturated carbocycles. The van der Waals surface area contributed by atoms with E-state index in [1.165, 1.54) is 4.90 Å². The largest absolute Gasteiger partial charge is 0.488 e. The monoisotopic (exact) mass is 458 g/mol. The molecule has 0 bridgehead atoms. The van der Waals surface area contributed by atoms with Crippen molar-refractivity contribution in [2.24, 2.45) is 0 Å². The van der Waals surface area contributed by atoms with E-state index in [2.05, 4.69) is 27.0 Å². The van der Waals surface area contributed by atoms with E-state index in [-0.39, 0.29) is 24.0 Å². The Kier molecular flexibility index (Phi) is 5.37. The fourth-order valence-electron chi connectivity index (χ4n) is 5.26. The van der Waals surface area contributed by atoms with Crippen LogP contribution in [-0.4, -0.2) is 65.1 Å². The first-order valence-corrected chi connectivity index (χ1v) is 11.9. The van der Waals surface area contributed by atoms with E-state index in [0.29, 0.717) is 24.3 Å². The number of fused-ring (bicyclic) bond motifs is 2. The number of nitrogens with zero attached hydrogens (tertiary/aromatic N) is 4. The molecule has 1 saturated heterocycles. The van der Waals surface area contributed by atoms with E-state index in [9.17, 15) is 9.59 Å². The van der Waals surface area contributed by atoms with Gasteiger partial charge in [0.15, 0.2) is 0 Å². The number of ether oxygens (including phenoxy) is 2. The molecule has 1 aliphatic carbocycles. The van der Waals surface area contributed by atoms with Gasteiger partial charge in [-0.15, -0.1) is 0 Å². The fourth-order valence-corrected chi connectivity index (χ4v) is 5.26. The van der Waals surface area contributed by atoms with E-state index in [1.54, 1.807) is 36.7 Å². The van der Waals surface area contributed by atoms with Crippen LogP contribution in [0.4, 0.5) is 5.69 Å². The molecule has 2 fully saturated rings. The molecule has 0 unspecified atom stereocenters. The van der Waals surface area contributed by atoms with Crippen molar-refractivity contribution in [3.8, 4) is 5.75 Å². The third-order valence-corrected chi connectivity index (χ3v) is 7.03. The fraction of sp³-hybridized carbons (Fsp3) is 0.385. The first kappa shape index (κ1) is 21.0. The second-order valence-corrected chi connectivity index (χ2v) is 9.04. The maximum absolute atomic E-state index is 12.9. The lowest BCUT2D eigenvalue weighted by Crippen LogP contribution is -2.43. The predicted molar refractivity (Wildman–Crippen MR) is 126 cm³/mol. The topological polar surface area (TPSA) is 84.9 Å². The van der Waals surface area contributed by atoms with Gasteiger partial charge in [0.05, 0.1) is 36.0 Å². The molecule has 0 atom stereocenters. The van der Waals surface area contributed by atoms with Crippen LogP contribution in [0.1, 0.15) is 46.4 Å². The van der Waals surface area contributed by atoms with Gasteiger partial charge in [0, 0.05) is 43.3 Å². The van der Waals surface area contributed by atoms with E-state index in [4.69, 9.17) is 9.47 Å². The molecular weight excluding hydrogens is 432 g/mol. The number of morpholine rings is 1. The minimum atomic E-state index is -0.176. The number of anilines is 1. The average molecular weight is 459 g/mol. The Hall–Kier alpha value is -3.52. The number of hydrogen-bond donors (Lipinski definition) is 0. The van der Waals surface area contributed by atoms with Gasteiger partial charge in [0.1, 0.15) is 11.3 Å². The molecule has 3 aromatic rings. The van der Waals surface area contributed by atoms with Gasteiger partial charge >= 0.3 is 0 Å². The molecule has 34 heavy (non-hydrogen) atoms. The summed E-state index contributed by atoms with van der Waals surface area (Å²) in [7, 11) is 0. The number of carbonyl (C=O) groups excluding carboxylic acids is 2. The SMILES string of the molecule is O=C1c2ccccc2C(=O)N1C1CCC(Oc2cc(N3CCOCC3)cc3nccnc23)CC1. The summed E-state index contributed by atoms with van der Waals surface area (Å²) >= 11 is 0. The summed E-state index contributed by atoms with van der Waals surface area (Å²) in [5.41, 5.74) is 3.64. The lowest BCUT2D eigenvalue weighted by Gasteiger charge is -2.34. The molecule has 2 aliphatic heterocycles. The summed E-state index contributed by atoms with van der Waals surface area (Å²) in [4.78, 5) is 38.5. The molecule has 0 N–H and O–H groups in total. The number of hydrogen-bond acceptors (Lipinski definition) is 7. The summed E-state index contributed by atoms with van der Waals surface area (Å²) < 4.78 is 12.0. The summed E-state index contributed by atoms with van der Waals surface area (Å²) in [6.45, 7) is 3.07. The zero-order chi connectivity index (χ0) is 23.1. The molecule has 174 valence electrons. The van der Waals surface area contributed by atoms with Crippen molar-refractivity contribution < 1.29 is 19.1 Å². The Morgan fingerprint density at radius 1 is 0.882 bits per heavy atom. The Balaban J connectivity index is 1.18. The second-order valence-electron chi connectivity index (χ2n) is 9.04. The zero-order valence-electron chi connectivity index (χ0n) is 18.9.